The minimum atomic E-state index is -0.710. The van der Waals surface area contributed by atoms with Crippen molar-refractivity contribution in [2.75, 3.05) is 19.6 Å². The zero-order chi connectivity index (χ0) is 84.1. The van der Waals surface area contributed by atoms with E-state index in [9.17, 15) is 0 Å². The maximum absolute atomic E-state index is 2.56. The number of hydrogen-bond acceptors (Lipinski definition) is 4. The quantitative estimate of drug-likeness (QED) is 0.114. The summed E-state index contributed by atoms with van der Waals surface area (Å²) in [6, 6.07) is 178. The minimum absolute atomic E-state index is 0.367. The van der Waals surface area contributed by atoms with Gasteiger partial charge in [0.05, 0.1) is 45.0 Å². The monoisotopic (exact) mass is 1620 g/mol. The van der Waals surface area contributed by atoms with Crippen LogP contribution in [0.25, 0.3) is 99.8 Å². The van der Waals surface area contributed by atoms with Gasteiger partial charge in [0.2, 0.25) is 0 Å². The molecule has 2 heterocycles. The van der Waals surface area contributed by atoms with Crippen LogP contribution in [0.15, 0.2) is 473 Å². The smallest absolute Gasteiger partial charge is 0.0755 e. The van der Waals surface area contributed by atoms with E-state index in [-0.39, 0.29) is 5.41 Å². The molecule has 25 rings (SSSR count). The number of benzene rings is 20. The molecule has 2 aliphatic heterocycles. The van der Waals surface area contributed by atoms with Crippen molar-refractivity contribution in [1.29, 1.82) is 0 Å². The standard InChI is InChI=1S/C123H84N4/c1-121(2)105-74-66-90(77-104(105)103-73-70-94(78-112(103)121)125(116-52-25-17-42-98(116)87-63-59-85(60-64-87)82-33-8-4-9-34-82)96-69-72-102-99-43-14-18-45-106(99)122(114(102)80-96)108-47-20-26-53-117(108)126(91-38-10-5-11-39-91)118-54-27-21-48-109(118)122)89-37-30-40-92(76-89)127-119-55-28-22-49-110(119)123(111-50-23-29-56-120(111)127)107-46-19-15-44-100(107)101-71-68-95(79-113(101)123)124(93-67-65-83-35-12-13-36-88(83)75-93)115-51-24-16-41-97(115)86-61-57-84(58-62-86)81-31-6-3-7-32-81/h3-80H,1-2H3. The Kier molecular flexibility index (Phi) is 16.8. The van der Waals surface area contributed by atoms with Gasteiger partial charge in [0.1, 0.15) is 0 Å². The third-order valence-electron chi connectivity index (χ3n) is 28.0. The molecule has 20 aromatic rings. The normalized spacial score (nSPS) is 13.7. The number of rotatable bonds is 13. The highest BCUT2D eigenvalue weighted by Crippen LogP contribution is 2.67. The summed E-state index contributed by atoms with van der Waals surface area (Å²) in [6.45, 7) is 4.85. The molecular weight excluding hydrogens is 1530 g/mol. The Balaban J connectivity index is 0.610. The Labute approximate surface area is 741 Å². The van der Waals surface area contributed by atoms with E-state index >= 15 is 0 Å². The first kappa shape index (κ1) is 73.6. The third-order valence-corrected chi connectivity index (χ3v) is 28.0. The lowest BCUT2D eigenvalue weighted by Crippen LogP contribution is -2.36. The maximum Gasteiger partial charge on any atom is 0.0755 e. The van der Waals surface area contributed by atoms with E-state index < -0.39 is 10.8 Å². The summed E-state index contributed by atoms with van der Waals surface area (Å²) in [7, 11) is 0. The van der Waals surface area contributed by atoms with Crippen LogP contribution in [-0.4, -0.2) is 0 Å². The van der Waals surface area contributed by atoms with Gasteiger partial charge in [-0.2, -0.15) is 0 Å². The fraction of sp³-hybridized carbons (Fsp3) is 0.0407. The molecule has 0 fully saturated rings. The molecule has 0 saturated carbocycles. The van der Waals surface area contributed by atoms with Gasteiger partial charge in [-0.05, 0) is 260 Å². The van der Waals surface area contributed by atoms with Crippen molar-refractivity contribution < 1.29 is 0 Å². The Morgan fingerprint density at radius 2 is 0.496 bits per heavy atom. The van der Waals surface area contributed by atoms with E-state index in [1.165, 1.54) is 133 Å². The molecule has 0 N–H and O–H groups in total. The summed E-state index contributed by atoms with van der Waals surface area (Å²) in [5.74, 6) is 0. The van der Waals surface area contributed by atoms with E-state index in [1.54, 1.807) is 0 Å². The Hall–Kier alpha value is -16.1. The van der Waals surface area contributed by atoms with Crippen molar-refractivity contribution >= 4 is 79.0 Å². The van der Waals surface area contributed by atoms with Gasteiger partial charge in [-0.3, -0.25) is 0 Å². The first-order valence-electron chi connectivity index (χ1n) is 44.3. The van der Waals surface area contributed by atoms with Gasteiger partial charge in [-0.15, -0.1) is 0 Å². The molecule has 0 amide bonds. The molecule has 0 unspecified atom stereocenters. The Morgan fingerprint density at radius 3 is 0.984 bits per heavy atom. The molecular formula is C123H84N4. The van der Waals surface area contributed by atoms with Crippen LogP contribution in [0.2, 0.25) is 0 Å². The van der Waals surface area contributed by atoms with E-state index in [1.807, 2.05) is 0 Å². The fourth-order valence-electron chi connectivity index (χ4n) is 22.4. The van der Waals surface area contributed by atoms with Crippen LogP contribution in [0.4, 0.5) is 68.2 Å². The van der Waals surface area contributed by atoms with Gasteiger partial charge in [0.25, 0.3) is 0 Å². The van der Waals surface area contributed by atoms with E-state index in [0.29, 0.717) is 0 Å². The van der Waals surface area contributed by atoms with Gasteiger partial charge in [-0.1, -0.05) is 372 Å². The molecule has 4 heteroatoms. The van der Waals surface area contributed by atoms with Crippen molar-refractivity contribution in [2.45, 2.75) is 30.1 Å². The second kappa shape index (κ2) is 29.0. The summed E-state index contributed by atoms with van der Waals surface area (Å²) in [4.78, 5) is 10.1. The Morgan fingerprint density at radius 1 is 0.173 bits per heavy atom. The molecule has 20 aromatic carbocycles. The van der Waals surface area contributed by atoms with Gasteiger partial charge in [0.15, 0.2) is 0 Å². The van der Waals surface area contributed by atoms with Crippen molar-refractivity contribution in [3.05, 3.63) is 529 Å². The van der Waals surface area contributed by atoms with Crippen molar-refractivity contribution in [2.24, 2.45) is 0 Å². The third kappa shape index (κ3) is 11.2. The fourth-order valence-corrected chi connectivity index (χ4v) is 22.4. The van der Waals surface area contributed by atoms with E-state index in [2.05, 4.69) is 507 Å². The number of anilines is 12. The summed E-state index contributed by atoms with van der Waals surface area (Å²) in [6.07, 6.45) is 0. The number of hydrogen-bond donors (Lipinski definition) is 0. The largest absolute Gasteiger partial charge is 0.310 e. The molecule has 0 saturated heterocycles. The number of para-hydroxylation sites is 7. The average molecular weight is 1620 g/mol. The predicted molar refractivity (Wildman–Crippen MR) is 529 cm³/mol. The molecule has 127 heavy (non-hydrogen) atoms. The molecule has 0 bridgehead atoms. The first-order chi connectivity index (χ1) is 62.7. The molecule has 0 aromatic heterocycles. The van der Waals surface area contributed by atoms with Crippen molar-refractivity contribution in [3.8, 4) is 89.0 Å². The SMILES string of the molecule is CC1(C)c2ccc(-c3cccc(N4c5ccccc5C5(c6ccccc6-c6ccc(N(c7ccc8ccccc8c7)c7ccccc7-c7ccc(-c8ccccc8)cc7)cc65)c5ccccc54)c3)cc2-c2ccc(N(c3ccc4c(c3)C3(c5ccccc5-4)c4ccccc4N(c4ccccc4)c4ccccc43)c3ccccc3-c3ccc(-c4ccccc4)cc3)cc21. The molecule has 596 valence electrons. The second-order valence-corrected chi connectivity index (χ2v) is 34.9. The average Bonchev–Trinajstić information content (AvgIpc) is 1.55. The minimum Gasteiger partial charge on any atom is -0.310 e. The topological polar surface area (TPSA) is 13.0 Å². The summed E-state index contributed by atoms with van der Waals surface area (Å²) in [5.41, 5.74) is 43.4. The molecule has 2 spiro atoms. The molecule has 3 aliphatic carbocycles. The van der Waals surface area contributed by atoms with E-state index in [0.717, 1.165) is 90.3 Å². The summed E-state index contributed by atoms with van der Waals surface area (Å²) >= 11 is 0. The lowest BCUT2D eigenvalue weighted by molar-refractivity contribution is 0.660. The van der Waals surface area contributed by atoms with Gasteiger partial charge >= 0.3 is 0 Å². The van der Waals surface area contributed by atoms with Crippen LogP contribution in [0.1, 0.15) is 69.5 Å². The van der Waals surface area contributed by atoms with Crippen LogP contribution in [0.5, 0.6) is 0 Å². The highest BCUT2D eigenvalue weighted by atomic mass is 15.2. The van der Waals surface area contributed by atoms with Crippen LogP contribution in [0, 0.1) is 0 Å². The zero-order valence-corrected chi connectivity index (χ0v) is 70.3. The lowest BCUT2D eigenvalue weighted by Gasteiger charge is -2.45. The van der Waals surface area contributed by atoms with E-state index in [4.69, 9.17) is 0 Å². The molecule has 0 radical (unpaired) electrons. The second-order valence-electron chi connectivity index (χ2n) is 34.9. The van der Waals surface area contributed by atoms with Gasteiger partial charge < -0.3 is 19.6 Å². The highest BCUT2D eigenvalue weighted by Gasteiger charge is 2.54. The summed E-state index contributed by atoms with van der Waals surface area (Å²) < 4.78 is 0. The molecule has 5 aliphatic rings. The Bertz CT molecular complexity index is 7720. The zero-order valence-electron chi connectivity index (χ0n) is 70.3. The highest BCUT2D eigenvalue weighted by molar-refractivity contribution is 6.03. The first-order valence-corrected chi connectivity index (χ1v) is 44.3. The van der Waals surface area contributed by atoms with Gasteiger partial charge in [0, 0.05) is 50.7 Å². The van der Waals surface area contributed by atoms with Crippen LogP contribution < -0.4 is 19.6 Å². The molecule has 0 atom stereocenters. The van der Waals surface area contributed by atoms with Crippen molar-refractivity contribution in [1.82, 2.24) is 0 Å². The maximum atomic E-state index is 2.56. The number of nitrogens with zero attached hydrogens (tertiary/aromatic N) is 4. The van der Waals surface area contributed by atoms with Crippen LogP contribution in [-0.2, 0) is 16.2 Å². The summed E-state index contributed by atoms with van der Waals surface area (Å²) in [5, 5.41) is 2.39. The number of fused-ring (bicyclic) bond motifs is 22. The van der Waals surface area contributed by atoms with Gasteiger partial charge in [-0.25, -0.2) is 0 Å². The molecule has 4 nitrogen and oxygen atoms in total. The predicted octanol–water partition coefficient (Wildman–Crippen LogP) is 32.7. The van der Waals surface area contributed by atoms with Crippen LogP contribution >= 0.6 is 0 Å². The van der Waals surface area contributed by atoms with Crippen molar-refractivity contribution in [3.63, 3.8) is 0 Å². The van der Waals surface area contributed by atoms with Crippen LogP contribution in [0.3, 0.4) is 0 Å². The lowest BCUT2D eigenvalue weighted by atomic mass is 9.64.